The van der Waals surface area contributed by atoms with Gasteiger partial charge in [0.25, 0.3) is 0 Å². The maximum atomic E-state index is 12.1. The van der Waals surface area contributed by atoms with Gasteiger partial charge < -0.3 is 14.9 Å². The summed E-state index contributed by atoms with van der Waals surface area (Å²) in [5.41, 5.74) is 0. The van der Waals surface area contributed by atoms with E-state index in [1.165, 1.54) is 44.9 Å². The fourth-order valence-corrected chi connectivity index (χ4v) is 3.70. The summed E-state index contributed by atoms with van der Waals surface area (Å²) >= 11 is 0. The van der Waals surface area contributed by atoms with Gasteiger partial charge >= 0.3 is 11.9 Å². The first-order valence-electron chi connectivity index (χ1n) is 10.6. The van der Waals surface area contributed by atoms with Crippen molar-refractivity contribution in [3.05, 3.63) is 0 Å². The van der Waals surface area contributed by atoms with Crippen molar-refractivity contribution in [1.82, 2.24) is 0 Å². The molecule has 1 fully saturated rings. The second kappa shape index (κ2) is 14.0. The summed E-state index contributed by atoms with van der Waals surface area (Å²) in [7, 11) is 0. The fraction of sp³-hybridized carbons (Fsp3) is 0.905. The van der Waals surface area contributed by atoms with Gasteiger partial charge in [0.05, 0.1) is 17.9 Å². The first kappa shape index (κ1) is 22.9. The molecular weight excluding hydrogens is 332 g/mol. The minimum absolute atomic E-state index is 0.0318. The number of carboxylic acids is 1. The minimum atomic E-state index is -0.826. The average Bonchev–Trinajstić information content (AvgIpc) is 2.64. The van der Waals surface area contributed by atoms with Crippen LogP contribution in [0.3, 0.4) is 0 Å². The van der Waals surface area contributed by atoms with Crippen LogP contribution >= 0.6 is 0 Å². The van der Waals surface area contributed by atoms with Crippen molar-refractivity contribution in [2.45, 2.75) is 103 Å². The molecule has 0 amide bonds. The first-order valence-corrected chi connectivity index (χ1v) is 10.6. The lowest BCUT2D eigenvalue weighted by Crippen LogP contribution is -2.30. The SMILES string of the molecule is CCCCCCCCCCCC(O)COC(=O)C1CCCC(C(=O)O)C1. The zero-order valence-electron chi connectivity index (χ0n) is 16.5. The van der Waals surface area contributed by atoms with Crippen LogP contribution in [0.2, 0.25) is 0 Å². The molecule has 0 saturated heterocycles. The molecule has 5 heteroatoms. The van der Waals surface area contributed by atoms with Gasteiger partial charge in [-0.15, -0.1) is 0 Å². The molecule has 1 saturated carbocycles. The molecule has 1 aliphatic carbocycles. The highest BCUT2D eigenvalue weighted by Crippen LogP contribution is 2.30. The molecular formula is C21H38O5. The fourth-order valence-electron chi connectivity index (χ4n) is 3.70. The summed E-state index contributed by atoms with van der Waals surface area (Å²) in [6.45, 7) is 2.26. The van der Waals surface area contributed by atoms with E-state index in [9.17, 15) is 14.7 Å². The van der Waals surface area contributed by atoms with Crippen LogP contribution < -0.4 is 0 Å². The molecule has 1 rings (SSSR count). The molecule has 26 heavy (non-hydrogen) atoms. The lowest BCUT2D eigenvalue weighted by Gasteiger charge is -2.25. The van der Waals surface area contributed by atoms with Crippen molar-refractivity contribution in [3.63, 3.8) is 0 Å². The highest BCUT2D eigenvalue weighted by atomic mass is 16.5. The number of hydrogen-bond donors (Lipinski definition) is 2. The summed E-state index contributed by atoms with van der Waals surface area (Å²) in [4.78, 5) is 23.1. The van der Waals surface area contributed by atoms with Crippen LogP contribution in [0.1, 0.15) is 96.8 Å². The van der Waals surface area contributed by atoms with Crippen LogP contribution in [0.4, 0.5) is 0 Å². The molecule has 2 N–H and O–H groups in total. The molecule has 3 unspecified atom stereocenters. The van der Waals surface area contributed by atoms with E-state index in [2.05, 4.69) is 6.92 Å². The van der Waals surface area contributed by atoms with Gasteiger partial charge in [0.15, 0.2) is 0 Å². The quantitative estimate of drug-likeness (QED) is 0.342. The monoisotopic (exact) mass is 370 g/mol. The number of hydrogen-bond acceptors (Lipinski definition) is 4. The molecule has 3 atom stereocenters. The van der Waals surface area contributed by atoms with Gasteiger partial charge in [-0.25, -0.2) is 0 Å². The standard InChI is InChI=1S/C21H38O5/c1-2-3-4-5-6-7-8-9-10-14-19(22)16-26-21(25)18-13-11-12-17(15-18)20(23)24/h17-19,22H,2-16H2,1H3,(H,23,24). The van der Waals surface area contributed by atoms with E-state index in [-0.39, 0.29) is 18.5 Å². The summed E-state index contributed by atoms with van der Waals surface area (Å²) in [6.07, 6.45) is 13.6. The molecule has 0 aromatic heterocycles. The van der Waals surface area contributed by atoms with E-state index in [1.54, 1.807) is 0 Å². The summed E-state index contributed by atoms with van der Waals surface area (Å²) < 4.78 is 5.22. The minimum Gasteiger partial charge on any atom is -0.481 e. The van der Waals surface area contributed by atoms with Crippen molar-refractivity contribution in [2.75, 3.05) is 6.61 Å². The number of carboxylic acid groups (broad SMARTS) is 1. The molecule has 5 nitrogen and oxygen atoms in total. The van der Waals surface area contributed by atoms with Gasteiger partial charge in [-0.2, -0.15) is 0 Å². The third-order valence-corrected chi connectivity index (χ3v) is 5.42. The predicted octanol–water partition coefficient (Wildman–Crippen LogP) is 4.70. The number of aliphatic carboxylic acids is 1. The lowest BCUT2D eigenvalue weighted by atomic mass is 9.81. The van der Waals surface area contributed by atoms with Gasteiger partial charge in [-0.1, -0.05) is 71.1 Å². The van der Waals surface area contributed by atoms with Crippen LogP contribution in [-0.4, -0.2) is 34.9 Å². The highest BCUT2D eigenvalue weighted by molar-refractivity contribution is 5.75. The number of aliphatic hydroxyl groups is 1. The number of rotatable bonds is 14. The zero-order chi connectivity index (χ0) is 19.2. The molecule has 0 bridgehead atoms. The van der Waals surface area contributed by atoms with Gasteiger partial charge in [-0.05, 0) is 25.7 Å². The van der Waals surface area contributed by atoms with Crippen molar-refractivity contribution in [2.24, 2.45) is 11.8 Å². The zero-order valence-corrected chi connectivity index (χ0v) is 16.5. The average molecular weight is 371 g/mol. The first-order chi connectivity index (χ1) is 12.5. The van der Waals surface area contributed by atoms with Crippen LogP contribution in [-0.2, 0) is 14.3 Å². The van der Waals surface area contributed by atoms with Crippen LogP contribution in [0.15, 0.2) is 0 Å². The number of aliphatic hydroxyl groups excluding tert-OH is 1. The normalized spacial score (nSPS) is 21.3. The van der Waals surface area contributed by atoms with E-state index < -0.39 is 18.0 Å². The maximum absolute atomic E-state index is 12.1. The molecule has 0 heterocycles. The van der Waals surface area contributed by atoms with E-state index in [0.717, 1.165) is 19.3 Å². The number of carbonyl (C=O) groups excluding carboxylic acids is 1. The molecule has 0 spiro atoms. The van der Waals surface area contributed by atoms with Crippen molar-refractivity contribution < 1.29 is 24.5 Å². The van der Waals surface area contributed by atoms with Crippen molar-refractivity contribution in [3.8, 4) is 0 Å². The molecule has 0 radical (unpaired) electrons. The Morgan fingerprint density at radius 2 is 1.54 bits per heavy atom. The Hall–Kier alpha value is -1.10. The van der Waals surface area contributed by atoms with Crippen molar-refractivity contribution in [1.29, 1.82) is 0 Å². The number of ether oxygens (including phenoxy) is 1. The van der Waals surface area contributed by atoms with Gasteiger partial charge in [0, 0.05) is 0 Å². The van der Waals surface area contributed by atoms with E-state index >= 15 is 0 Å². The topological polar surface area (TPSA) is 83.8 Å². The molecule has 152 valence electrons. The second-order valence-electron chi connectivity index (χ2n) is 7.80. The molecule has 1 aliphatic rings. The second-order valence-corrected chi connectivity index (χ2v) is 7.80. The number of esters is 1. The summed E-state index contributed by atoms with van der Waals surface area (Å²) in [6, 6.07) is 0. The maximum Gasteiger partial charge on any atom is 0.309 e. The largest absolute Gasteiger partial charge is 0.481 e. The third-order valence-electron chi connectivity index (χ3n) is 5.42. The Labute approximate surface area is 158 Å². The van der Waals surface area contributed by atoms with Gasteiger partial charge in [-0.3, -0.25) is 9.59 Å². The van der Waals surface area contributed by atoms with Gasteiger partial charge in [0.2, 0.25) is 0 Å². The summed E-state index contributed by atoms with van der Waals surface area (Å²) in [5, 5.41) is 19.0. The Morgan fingerprint density at radius 1 is 0.962 bits per heavy atom. The number of unbranched alkanes of at least 4 members (excludes halogenated alkanes) is 8. The van der Waals surface area contributed by atoms with Crippen molar-refractivity contribution >= 4 is 11.9 Å². The molecule has 0 aliphatic heterocycles. The molecule has 0 aromatic carbocycles. The van der Waals surface area contributed by atoms with Crippen LogP contribution in [0.25, 0.3) is 0 Å². The third kappa shape index (κ3) is 10.1. The number of carbonyl (C=O) groups is 2. The Kier molecular flexibility index (Phi) is 12.4. The summed E-state index contributed by atoms with van der Waals surface area (Å²) in [5.74, 6) is -1.94. The highest BCUT2D eigenvalue weighted by Gasteiger charge is 2.32. The van der Waals surface area contributed by atoms with Crippen LogP contribution in [0.5, 0.6) is 0 Å². The van der Waals surface area contributed by atoms with Crippen LogP contribution in [0, 0.1) is 11.8 Å². The Bertz CT molecular complexity index is 396. The Morgan fingerprint density at radius 3 is 2.15 bits per heavy atom. The predicted molar refractivity (Wildman–Crippen MR) is 102 cm³/mol. The van der Waals surface area contributed by atoms with E-state index in [1.807, 2.05) is 0 Å². The van der Waals surface area contributed by atoms with E-state index in [0.29, 0.717) is 25.7 Å². The van der Waals surface area contributed by atoms with Gasteiger partial charge in [0.1, 0.15) is 6.61 Å². The Balaban J connectivity index is 2.02. The van der Waals surface area contributed by atoms with E-state index in [4.69, 9.17) is 9.84 Å². The smallest absolute Gasteiger partial charge is 0.309 e. The molecule has 0 aromatic rings. The lowest BCUT2D eigenvalue weighted by molar-refractivity contribution is -0.155.